The van der Waals surface area contributed by atoms with Crippen molar-refractivity contribution in [2.45, 2.75) is 71.8 Å². The molecule has 1 aliphatic heterocycles. The molecule has 0 unspecified atom stereocenters. The van der Waals surface area contributed by atoms with Crippen LogP contribution in [0.15, 0.2) is 18.2 Å². The Bertz CT molecular complexity index is 735. The van der Waals surface area contributed by atoms with Crippen LogP contribution in [0.25, 0.3) is 0 Å². The highest BCUT2D eigenvalue weighted by molar-refractivity contribution is 6.30. The van der Waals surface area contributed by atoms with E-state index in [0.29, 0.717) is 31.0 Å². The lowest BCUT2D eigenvalue weighted by Gasteiger charge is -2.36. The first-order chi connectivity index (χ1) is 14.1. The quantitative estimate of drug-likeness (QED) is 0.296. The van der Waals surface area contributed by atoms with E-state index >= 15 is 0 Å². The number of ether oxygens (including phenoxy) is 1. The maximum atomic E-state index is 12.4. The van der Waals surface area contributed by atoms with Crippen molar-refractivity contribution in [3.8, 4) is 0 Å². The van der Waals surface area contributed by atoms with Gasteiger partial charge in [-0.1, -0.05) is 44.4 Å². The van der Waals surface area contributed by atoms with Gasteiger partial charge in [-0.25, -0.2) is 0 Å². The number of carbonyl (C=O) groups excluding carboxylic acids is 1. The van der Waals surface area contributed by atoms with E-state index in [1.165, 1.54) is 0 Å². The molecule has 168 valence electrons. The molecule has 1 heterocycles. The molecule has 0 N–H and O–H groups in total. The van der Waals surface area contributed by atoms with Crippen molar-refractivity contribution in [1.29, 1.82) is 0 Å². The van der Waals surface area contributed by atoms with E-state index in [9.17, 15) is 14.9 Å². The van der Waals surface area contributed by atoms with Crippen molar-refractivity contribution < 1.29 is 14.5 Å². The molecule has 0 radical (unpaired) electrons. The number of rotatable bonds is 8. The van der Waals surface area contributed by atoms with E-state index in [-0.39, 0.29) is 35.2 Å². The van der Waals surface area contributed by atoms with E-state index in [1.54, 1.807) is 0 Å². The first-order valence-corrected chi connectivity index (χ1v) is 11.3. The molecule has 7 heteroatoms. The Morgan fingerprint density at radius 3 is 2.37 bits per heavy atom. The Morgan fingerprint density at radius 2 is 1.87 bits per heavy atom. The fourth-order valence-electron chi connectivity index (χ4n) is 4.37. The Morgan fingerprint density at radius 1 is 1.27 bits per heavy atom. The van der Waals surface area contributed by atoms with Crippen LogP contribution in [-0.2, 0) is 9.53 Å². The maximum Gasteiger partial charge on any atom is 0.309 e. The smallest absolute Gasteiger partial charge is 0.309 e. The largest absolute Gasteiger partial charge is 0.460 e. The average molecular weight is 439 g/mol. The molecule has 1 fully saturated rings. The van der Waals surface area contributed by atoms with Gasteiger partial charge in [0.2, 0.25) is 6.54 Å². The third kappa shape index (κ3) is 6.59. The van der Waals surface area contributed by atoms with Crippen molar-refractivity contribution in [1.82, 2.24) is 0 Å². The molecule has 2 rings (SSSR count). The van der Waals surface area contributed by atoms with Gasteiger partial charge in [0.15, 0.2) is 0 Å². The third-order valence-corrected chi connectivity index (χ3v) is 6.17. The van der Waals surface area contributed by atoms with E-state index < -0.39 is 5.60 Å². The second kappa shape index (κ2) is 10.5. The summed E-state index contributed by atoms with van der Waals surface area (Å²) in [6.45, 7) is 11.1. The summed E-state index contributed by atoms with van der Waals surface area (Å²) in [5.41, 5.74) is 1.46. The highest BCUT2D eigenvalue weighted by Gasteiger charge is 2.33. The number of hydrogen-bond donors (Lipinski definition) is 0. The molecule has 0 saturated carbocycles. The number of esters is 1. The third-order valence-electron chi connectivity index (χ3n) is 5.93. The van der Waals surface area contributed by atoms with E-state index in [4.69, 9.17) is 16.3 Å². The van der Waals surface area contributed by atoms with Crippen LogP contribution in [0.4, 0.5) is 5.69 Å². The minimum Gasteiger partial charge on any atom is -0.460 e. The lowest BCUT2D eigenvalue weighted by atomic mass is 9.81. The highest BCUT2D eigenvalue weighted by atomic mass is 35.5. The van der Waals surface area contributed by atoms with Crippen LogP contribution >= 0.6 is 11.6 Å². The van der Waals surface area contributed by atoms with Gasteiger partial charge < -0.3 is 9.64 Å². The van der Waals surface area contributed by atoms with Gasteiger partial charge in [0.1, 0.15) is 5.60 Å². The Labute approximate surface area is 185 Å². The molecule has 1 aliphatic rings. The van der Waals surface area contributed by atoms with Crippen molar-refractivity contribution in [3.05, 3.63) is 38.9 Å². The van der Waals surface area contributed by atoms with E-state index in [1.807, 2.05) is 39.0 Å². The van der Waals surface area contributed by atoms with Gasteiger partial charge in [-0.05, 0) is 57.2 Å². The van der Waals surface area contributed by atoms with Crippen LogP contribution in [0.1, 0.15) is 71.8 Å². The molecule has 0 amide bonds. The van der Waals surface area contributed by atoms with Gasteiger partial charge in [0.05, 0.1) is 11.8 Å². The molecule has 0 spiro atoms. The predicted molar refractivity (Wildman–Crippen MR) is 121 cm³/mol. The molecular formula is C23H35ClN2O4. The van der Waals surface area contributed by atoms with Crippen LogP contribution in [0.2, 0.25) is 5.02 Å². The number of anilines is 1. The zero-order valence-electron chi connectivity index (χ0n) is 18.8. The standard InChI is InChI=1S/C23H35ClN2O4/c1-6-16(7-2)20(15-26(28)29)19-9-8-18(24)14-21(19)25-12-10-17(11-13-25)22(27)30-23(3,4)5/h8-9,14,16-17,20H,6-7,10-13,15H2,1-5H3/t20-/m0/s1. The van der Waals surface area contributed by atoms with E-state index in [0.717, 1.165) is 24.1 Å². The monoisotopic (exact) mass is 438 g/mol. The fourth-order valence-corrected chi connectivity index (χ4v) is 4.53. The van der Waals surface area contributed by atoms with Gasteiger partial charge in [-0.3, -0.25) is 14.9 Å². The summed E-state index contributed by atoms with van der Waals surface area (Å²) < 4.78 is 5.55. The molecule has 6 nitrogen and oxygen atoms in total. The van der Waals surface area contributed by atoms with Gasteiger partial charge in [-0.15, -0.1) is 0 Å². The fraction of sp³-hybridized carbons (Fsp3) is 0.696. The molecule has 30 heavy (non-hydrogen) atoms. The molecule has 0 aliphatic carbocycles. The molecule has 1 saturated heterocycles. The van der Waals surface area contributed by atoms with E-state index in [2.05, 4.69) is 18.7 Å². The number of benzene rings is 1. The maximum absolute atomic E-state index is 12.4. The predicted octanol–water partition coefficient (Wildman–Crippen LogP) is 5.69. The molecule has 1 atom stereocenters. The number of nitrogens with zero attached hydrogens (tertiary/aromatic N) is 2. The van der Waals surface area contributed by atoms with Crippen molar-refractivity contribution in [2.24, 2.45) is 11.8 Å². The summed E-state index contributed by atoms with van der Waals surface area (Å²) in [7, 11) is 0. The van der Waals surface area contributed by atoms with Gasteiger partial charge >= 0.3 is 5.97 Å². The average Bonchev–Trinajstić information content (AvgIpc) is 2.66. The Kier molecular flexibility index (Phi) is 8.53. The number of nitro groups is 1. The SMILES string of the molecule is CCC(CC)[C@H](C[N+](=O)[O-])c1ccc(Cl)cc1N1CCC(C(=O)OC(C)(C)C)CC1. The summed E-state index contributed by atoms with van der Waals surface area (Å²) in [6.07, 6.45) is 3.17. The molecule has 0 bridgehead atoms. The summed E-state index contributed by atoms with van der Waals surface area (Å²) >= 11 is 6.31. The minimum atomic E-state index is -0.487. The van der Waals surface area contributed by atoms with Crippen LogP contribution in [0, 0.1) is 22.0 Å². The zero-order valence-corrected chi connectivity index (χ0v) is 19.6. The number of piperidine rings is 1. The summed E-state index contributed by atoms with van der Waals surface area (Å²) in [5.74, 6) is -0.186. The van der Waals surface area contributed by atoms with Crippen molar-refractivity contribution in [2.75, 3.05) is 24.5 Å². The molecule has 1 aromatic carbocycles. The zero-order chi connectivity index (χ0) is 22.5. The van der Waals surface area contributed by atoms with Gasteiger partial charge in [0.25, 0.3) is 0 Å². The van der Waals surface area contributed by atoms with Gasteiger partial charge in [0, 0.05) is 28.7 Å². The van der Waals surface area contributed by atoms with Crippen molar-refractivity contribution >= 4 is 23.3 Å². The van der Waals surface area contributed by atoms with Crippen LogP contribution in [0.5, 0.6) is 0 Å². The second-order valence-corrected chi connectivity index (χ2v) is 9.63. The number of carbonyl (C=O) groups is 1. The first kappa shape index (κ1) is 24.4. The molecule has 0 aromatic heterocycles. The van der Waals surface area contributed by atoms with Crippen LogP contribution in [-0.4, -0.2) is 36.1 Å². The topological polar surface area (TPSA) is 72.7 Å². The molecular weight excluding hydrogens is 404 g/mol. The second-order valence-electron chi connectivity index (χ2n) is 9.20. The van der Waals surface area contributed by atoms with Crippen LogP contribution in [0.3, 0.4) is 0 Å². The van der Waals surface area contributed by atoms with Crippen LogP contribution < -0.4 is 4.90 Å². The Balaban J connectivity index is 2.25. The number of hydrogen-bond acceptors (Lipinski definition) is 5. The normalized spacial score (nSPS) is 16.6. The lowest BCUT2D eigenvalue weighted by Crippen LogP contribution is -2.39. The highest BCUT2D eigenvalue weighted by Crippen LogP contribution is 2.39. The molecule has 1 aromatic rings. The lowest BCUT2D eigenvalue weighted by molar-refractivity contribution is -0.485. The van der Waals surface area contributed by atoms with Crippen molar-refractivity contribution in [3.63, 3.8) is 0 Å². The Hall–Kier alpha value is -1.82. The van der Waals surface area contributed by atoms with Gasteiger partial charge in [-0.2, -0.15) is 0 Å². The summed E-state index contributed by atoms with van der Waals surface area (Å²) in [6, 6.07) is 5.69. The minimum absolute atomic E-state index is 0.0879. The summed E-state index contributed by atoms with van der Waals surface area (Å²) in [5, 5.41) is 12.0. The first-order valence-electron chi connectivity index (χ1n) is 10.9. The number of halogens is 1. The summed E-state index contributed by atoms with van der Waals surface area (Å²) in [4.78, 5) is 25.9.